The zero-order chi connectivity index (χ0) is 10.7. The van der Waals surface area contributed by atoms with Crippen molar-refractivity contribution in [3.63, 3.8) is 0 Å². The summed E-state index contributed by atoms with van der Waals surface area (Å²) in [5.41, 5.74) is 0.786. The van der Waals surface area contributed by atoms with Crippen molar-refractivity contribution in [3.8, 4) is 17.2 Å². The predicted octanol–water partition coefficient (Wildman–Crippen LogP) is 1.64. The fourth-order valence-electron chi connectivity index (χ4n) is 1.39. The lowest BCUT2D eigenvalue weighted by Crippen LogP contribution is -1.92. The van der Waals surface area contributed by atoms with Crippen LogP contribution in [0.5, 0.6) is 17.2 Å². The molecule has 4 heteroatoms. The number of methoxy groups -OCH3 is 1. The standard InChI is InChI=1S/C11H10O4/c1-13-9-6-11-10(14-7-15-11)5-8(9)3-2-4-12/h2-6H,7H2,1H3/b3-2+. The van der Waals surface area contributed by atoms with Gasteiger partial charge in [-0.1, -0.05) is 0 Å². The SMILES string of the molecule is COc1cc2c(cc1/C=C/C=O)OCO2. The van der Waals surface area contributed by atoms with Crippen LogP contribution in [0.25, 0.3) is 6.08 Å². The first kappa shape index (κ1) is 9.58. The summed E-state index contributed by atoms with van der Waals surface area (Å²) in [6.07, 6.45) is 3.78. The maximum Gasteiger partial charge on any atom is 0.231 e. The van der Waals surface area contributed by atoms with Gasteiger partial charge in [0.25, 0.3) is 0 Å². The average molecular weight is 206 g/mol. The second-order valence-corrected chi connectivity index (χ2v) is 2.94. The van der Waals surface area contributed by atoms with Gasteiger partial charge in [-0.25, -0.2) is 0 Å². The summed E-state index contributed by atoms with van der Waals surface area (Å²) in [5.74, 6) is 1.98. The first-order valence-corrected chi connectivity index (χ1v) is 4.44. The molecule has 4 nitrogen and oxygen atoms in total. The van der Waals surface area contributed by atoms with E-state index in [2.05, 4.69) is 0 Å². The molecule has 1 aliphatic heterocycles. The van der Waals surface area contributed by atoms with Crippen LogP contribution in [-0.4, -0.2) is 20.2 Å². The van der Waals surface area contributed by atoms with Crippen molar-refractivity contribution in [1.82, 2.24) is 0 Å². The highest BCUT2D eigenvalue weighted by Crippen LogP contribution is 2.38. The van der Waals surface area contributed by atoms with E-state index in [-0.39, 0.29) is 6.79 Å². The Hall–Kier alpha value is -1.97. The van der Waals surface area contributed by atoms with Gasteiger partial charge in [-0.2, -0.15) is 0 Å². The van der Waals surface area contributed by atoms with Crippen molar-refractivity contribution in [2.24, 2.45) is 0 Å². The van der Waals surface area contributed by atoms with Gasteiger partial charge >= 0.3 is 0 Å². The van der Waals surface area contributed by atoms with Crippen LogP contribution in [-0.2, 0) is 4.79 Å². The Morgan fingerprint density at radius 2 is 2.07 bits per heavy atom. The lowest BCUT2D eigenvalue weighted by Gasteiger charge is -2.05. The minimum atomic E-state index is 0.222. The number of benzene rings is 1. The van der Waals surface area contributed by atoms with Crippen LogP contribution in [0.4, 0.5) is 0 Å². The smallest absolute Gasteiger partial charge is 0.231 e. The van der Waals surface area contributed by atoms with E-state index < -0.39 is 0 Å². The molecule has 1 heterocycles. The summed E-state index contributed by atoms with van der Waals surface area (Å²) in [6, 6.07) is 3.52. The fourth-order valence-corrected chi connectivity index (χ4v) is 1.39. The molecule has 0 radical (unpaired) electrons. The zero-order valence-electron chi connectivity index (χ0n) is 8.23. The van der Waals surface area contributed by atoms with E-state index >= 15 is 0 Å². The molecular weight excluding hydrogens is 196 g/mol. The number of hydrogen-bond acceptors (Lipinski definition) is 4. The maximum absolute atomic E-state index is 10.2. The summed E-state index contributed by atoms with van der Waals surface area (Å²) in [5, 5.41) is 0. The van der Waals surface area contributed by atoms with Crippen molar-refractivity contribution in [2.75, 3.05) is 13.9 Å². The maximum atomic E-state index is 10.2. The molecule has 0 aliphatic carbocycles. The lowest BCUT2D eigenvalue weighted by atomic mass is 10.1. The molecule has 15 heavy (non-hydrogen) atoms. The van der Waals surface area contributed by atoms with Crippen LogP contribution >= 0.6 is 0 Å². The zero-order valence-corrected chi connectivity index (χ0v) is 8.23. The van der Waals surface area contributed by atoms with E-state index in [0.29, 0.717) is 23.5 Å². The minimum absolute atomic E-state index is 0.222. The summed E-state index contributed by atoms with van der Waals surface area (Å²) in [6.45, 7) is 0.222. The topological polar surface area (TPSA) is 44.8 Å². The third kappa shape index (κ3) is 1.79. The number of ether oxygens (including phenoxy) is 3. The van der Waals surface area contributed by atoms with Gasteiger partial charge in [-0.15, -0.1) is 0 Å². The Morgan fingerprint density at radius 3 is 2.73 bits per heavy atom. The molecule has 0 fully saturated rings. The van der Waals surface area contributed by atoms with Crippen LogP contribution in [0.3, 0.4) is 0 Å². The second-order valence-electron chi connectivity index (χ2n) is 2.94. The van der Waals surface area contributed by atoms with Crippen molar-refractivity contribution in [1.29, 1.82) is 0 Å². The van der Waals surface area contributed by atoms with Gasteiger partial charge in [0, 0.05) is 11.6 Å². The third-order valence-corrected chi connectivity index (χ3v) is 2.08. The van der Waals surface area contributed by atoms with Gasteiger partial charge in [0.2, 0.25) is 6.79 Å². The molecule has 0 saturated heterocycles. The summed E-state index contributed by atoms with van der Waals surface area (Å²) < 4.78 is 15.6. The van der Waals surface area contributed by atoms with E-state index in [1.807, 2.05) is 0 Å². The molecule has 0 N–H and O–H groups in total. The highest BCUT2D eigenvalue weighted by Gasteiger charge is 2.16. The van der Waals surface area contributed by atoms with Crippen molar-refractivity contribution in [3.05, 3.63) is 23.8 Å². The number of aldehydes is 1. The molecule has 0 spiro atoms. The largest absolute Gasteiger partial charge is 0.496 e. The first-order chi connectivity index (χ1) is 7.35. The molecule has 2 rings (SSSR count). The molecule has 0 unspecified atom stereocenters. The van der Waals surface area contributed by atoms with Crippen molar-refractivity contribution >= 4 is 12.4 Å². The Morgan fingerprint density at radius 1 is 1.33 bits per heavy atom. The number of fused-ring (bicyclic) bond motifs is 1. The van der Waals surface area contributed by atoms with Gasteiger partial charge in [0.05, 0.1) is 7.11 Å². The Bertz CT molecular complexity index is 409. The fraction of sp³-hybridized carbons (Fsp3) is 0.182. The van der Waals surface area contributed by atoms with Gasteiger partial charge in [-0.3, -0.25) is 4.79 Å². The molecule has 0 atom stereocenters. The molecular formula is C11H10O4. The first-order valence-electron chi connectivity index (χ1n) is 4.44. The highest BCUT2D eigenvalue weighted by atomic mass is 16.7. The molecule has 1 aromatic rings. The molecule has 0 amide bonds. The van der Waals surface area contributed by atoms with Gasteiger partial charge < -0.3 is 14.2 Å². The molecule has 0 saturated carbocycles. The molecule has 0 aromatic heterocycles. The molecule has 78 valence electrons. The van der Waals surface area contributed by atoms with Crippen LogP contribution in [0.1, 0.15) is 5.56 Å². The monoisotopic (exact) mass is 206 g/mol. The lowest BCUT2D eigenvalue weighted by molar-refractivity contribution is -0.104. The average Bonchev–Trinajstić information content (AvgIpc) is 2.71. The highest BCUT2D eigenvalue weighted by molar-refractivity contribution is 5.76. The van der Waals surface area contributed by atoms with Crippen LogP contribution < -0.4 is 14.2 Å². The van der Waals surface area contributed by atoms with Crippen molar-refractivity contribution in [2.45, 2.75) is 0 Å². The van der Waals surface area contributed by atoms with E-state index in [1.165, 1.54) is 6.08 Å². The number of carbonyl (C=O) groups is 1. The third-order valence-electron chi connectivity index (χ3n) is 2.08. The second kappa shape index (κ2) is 4.04. The van der Waals surface area contributed by atoms with Crippen molar-refractivity contribution < 1.29 is 19.0 Å². The van der Waals surface area contributed by atoms with Gasteiger partial charge in [0.1, 0.15) is 12.0 Å². The number of allylic oxidation sites excluding steroid dienone is 1. The van der Waals surface area contributed by atoms with Gasteiger partial charge in [-0.05, 0) is 18.2 Å². The van der Waals surface area contributed by atoms with Crippen LogP contribution in [0.2, 0.25) is 0 Å². The minimum Gasteiger partial charge on any atom is -0.496 e. The predicted molar refractivity (Wildman–Crippen MR) is 54.2 cm³/mol. The van der Waals surface area contributed by atoms with Crippen LogP contribution in [0.15, 0.2) is 18.2 Å². The van der Waals surface area contributed by atoms with Gasteiger partial charge in [0.15, 0.2) is 11.5 Å². The Kier molecular flexibility index (Phi) is 2.58. The van der Waals surface area contributed by atoms with E-state index in [0.717, 1.165) is 5.56 Å². The number of hydrogen-bond donors (Lipinski definition) is 0. The Balaban J connectivity index is 2.43. The Labute approximate surface area is 87.1 Å². The number of rotatable bonds is 3. The van der Waals surface area contributed by atoms with E-state index in [1.54, 1.807) is 25.3 Å². The molecule has 1 aliphatic rings. The van der Waals surface area contributed by atoms with E-state index in [4.69, 9.17) is 14.2 Å². The summed E-state index contributed by atoms with van der Waals surface area (Å²) in [4.78, 5) is 10.2. The summed E-state index contributed by atoms with van der Waals surface area (Å²) in [7, 11) is 1.57. The number of carbonyl (C=O) groups excluding carboxylic acids is 1. The normalized spacial score (nSPS) is 13.1. The summed E-state index contributed by atoms with van der Waals surface area (Å²) >= 11 is 0. The quantitative estimate of drug-likeness (QED) is 0.557. The van der Waals surface area contributed by atoms with E-state index in [9.17, 15) is 4.79 Å². The van der Waals surface area contributed by atoms with Crippen LogP contribution in [0, 0.1) is 0 Å². The molecule has 1 aromatic carbocycles. The molecule has 0 bridgehead atoms.